The van der Waals surface area contributed by atoms with Crippen LogP contribution in [0.1, 0.15) is 111 Å². The fraction of sp³-hybridized carbons (Fsp3) is 0.828. The second kappa shape index (κ2) is 20.2. The highest BCUT2D eigenvalue weighted by atomic mass is 16.4. The van der Waals surface area contributed by atoms with Crippen molar-refractivity contribution in [2.45, 2.75) is 111 Å². The van der Waals surface area contributed by atoms with Crippen LogP contribution in [0.15, 0.2) is 12.2 Å². The van der Waals surface area contributed by atoms with Crippen LogP contribution in [0.3, 0.4) is 0 Å². The SMILES string of the molecule is CCCCCC/C=C/CCCCCCCCC[N+](CC(C)C(=O)O)(CC(C)C(=O)O)CC(C)C(=O)O. The smallest absolute Gasteiger partial charge is 0.311 e. The van der Waals surface area contributed by atoms with E-state index in [0.29, 0.717) is 6.54 Å². The summed E-state index contributed by atoms with van der Waals surface area (Å²) >= 11 is 0. The van der Waals surface area contributed by atoms with Crippen LogP contribution < -0.4 is 0 Å². The molecule has 7 heteroatoms. The van der Waals surface area contributed by atoms with Crippen molar-refractivity contribution in [1.29, 1.82) is 0 Å². The van der Waals surface area contributed by atoms with Gasteiger partial charge < -0.3 is 19.8 Å². The van der Waals surface area contributed by atoms with Gasteiger partial charge in [0.2, 0.25) is 0 Å². The van der Waals surface area contributed by atoms with Gasteiger partial charge in [0.1, 0.15) is 17.8 Å². The summed E-state index contributed by atoms with van der Waals surface area (Å²) in [6.45, 7) is 8.44. The molecular weight excluding hydrogens is 458 g/mol. The predicted octanol–water partition coefficient (Wildman–Crippen LogP) is 6.61. The maximum atomic E-state index is 11.6. The van der Waals surface area contributed by atoms with Crippen LogP contribution in [-0.4, -0.2) is 63.9 Å². The topological polar surface area (TPSA) is 112 Å². The average Bonchev–Trinajstić information content (AvgIpc) is 2.81. The Bertz CT molecular complexity index is 593. The second-order valence-corrected chi connectivity index (χ2v) is 10.9. The Morgan fingerprint density at radius 1 is 0.583 bits per heavy atom. The molecule has 3 atom stereocenters. The van der Waals surface area contributed by atoms with Crippen molar-refractivity contribution in [2.75, 3.05) is 26.2 Å². The van der Waals surface area contributed by atoms with E-state index in [1.54, 1.807) is 20.8 Å². The van der Waals surface area contributed by atoms with Crippen molar-refractivity contribution < 1.29 is 34.2 Å². The van der Waals surface area contributed by atoms with Crippen molar-refractivity contribution in [3.8, 4) is 0 Å². The molecule has 0 aliphatic carbocycles. The Balaban J connectivity index is 4.60. The van der Waals surface area contributed by atoms with Gasteiger partial charge in [-0.2, -0.15) is 0 Å². The highest BCUT2D eigenvalue weighted by Crippen LogP contribution is 2.22. The quantitative estimate of drug-likeness (QED) is 0.0762. The molecule has 0 saturated heterocycles. The van der Waals surface area contributed by atoms with E-state index in [4.69, 9.17) is 0 Å². The van der Waals surface area contributed by atoms with Crippen LogP contribution in [0.4, 0.5) is 0 Å². The third-order valence-electron chi connectivity index (χ3n) is 7.14. The second-order valence-electron chi connectivity index (χ2n) is 10.9. The van der Waals surface area contributed by atoms with Gasteiger partial charge in [0.05, 0.1) is 26.2 Å². The van der Waals surface area contributed by atoms with Gasteiger partial charge in [0, 0.05) is 0 Å². The molecule has 0 aromatic carbocycles. The monoisotopic (exact) mass is 512 g/mol. The molecule has 210 valence electrons. The maximum absolute atomic E-state index is 11.6. The summed E-state index contributed by atoms with van der Waals surface area (Å²) in [7, 11) is 0. The van der Waals surface area contributed by atoms with Crippen LogP contribution in [0.25, 0.3) is 0 Å². The minimum atomic E-state index is -0.935. The van der Waals surface area contributed by atoms with Crippen LogP contribution in [-0.2, 0) is 14.4 Å². The third-order valence-corrected chi connectivity index (χ3v) is 7.14. The molecular formula is C29H54NO6+. The lowest BCUT2D eigenvalue weighted by Gasteiger charge is -2.42. The Morgan fingerprint density at radius 3 is 1.28 bits per heavy atom. The van der Waals surface area contributed by atoms with Crippen molar-refractivity contribution in [3.63, 3.8) is 0 Å². The first-order chi connectivity index (χ1) is 17.0. The number of quaternary nitrogens is 1. The number of aliphatic carboxylic acids is 3. The Hall–Kier alpha value is -1.89. The van der Waals surface area contributed by atoms with Gasteiger partial charge in [0.25, 0.3) is 0 Å². The number of carboxylic acids is 3. The maximum Gasteiger partial charge on any atom is 0.311 e. The molecule has 7 nitrogen and oxygen atoms in total. The fourth-order valence-corrected chi connectivity index (χ4v) is 4.99. The van der Waals surface area contributed by atoms with E-state index in [0.717, 1.165) is 32.1 Å². The standard InChI is InChI=1S/C29H53NO6/c1-5-6-7-8-9-10-11-12-13-14-15-16-17-18-19-20-30(21-24(2)27(31)32,22-25(3)28(33)34)23-26(4)29(35)36/h10-11,24-26H,5-9,12-23H2,1-4H3,(H2-,31,32,33,34,35,36)/p+1/b11-10+. The Morgan fingerprint density at radius 2 is 0.917 bits per heavy atom. The number of unbranched alkanes of at least 4 members (excludes halogenated alkanes) is 11. The molecule has 3 unspecified atom stereocenters. The van der Waals surface area contributed by atoms with Gasteiger partial charge in [-0.25, -0.2) is 0 Å². The molecule has 0 aliphatic heterocycles. The number of rotatable bonds is 24. The molecule has 0 fully saturated rings. The average molecular weight is 513 g/mol. The van der Waals surface area contributed by atoms with Gasteiger partial charge in [-0.1, -0.05) is 64.0 Å². The predicted molar refractivity (Wildman–Crippen MR) is 145 cm³/mol. The van der Waals surface area contributed by atoms with Crippen molar-refractivity contribution in [2.24, 2.45) is 17.8 Å². The van der Waals surface area contributed by atoms with Gasteiger partial charge >= 0.3 is 17.9 Å². The van der Waals surface area contributed by atoms with Crippen molar-refractivity contribution >= 4 is 17.9 Å². The molecule has 0 heterocycles. The van der Waals surface area contributed by atoms with Crippen LogP contribution in [0.5, 0.6) is 0 Å². The Labute approximate surface area is 219 Å². The number of carboxylic acid groups (broad SMARTS) is 3. The first-order valence-corrected chi connectivity index (χ1v) is 14.2. The molecule has 0 saturated carbocycles. The molecule has 0 amide bonds. The highest BCUT2D eigenvalue weighted by Gasteiger charge is 2.38. The highest BCUT2D eigenvalue weighted by molar-refractivity contribution is 5.70. The lowest BCUT2D eigenvalue weighted by molar-refractivity contribution is -0.934. The molecule has 0 aliphatic rings. The number of hydrogen-bond acceptors (Lipinski definition) is 3. The minimum Gasteiger partial charge on any atom is -0.481 e. The molecule has 0 spiro atoms. The summed E-state index contributed by atoms with van der Waals surface area (Å²) in [5.74, 6) is -4.81. The molecule has 36 heavy (non-hydrogen) atoms. The normalized spacial score (nSPS) is 15.9. The molecule has 0 rings (SSSR count). The zero-order valence-corrected chi connectivity index (χ0v) is 23.4. The molecule has 0 aromatic rings. The summed E-state index contributed by atoms with van der Waals surface area (Å²) in [6.07, 6.45) is 19.9. The summed E-state index contributed by atoms with van der Waals surface area (Å²) in [4.78, 5) is 34.7. The molecule has 0 aromatic heterocycles. The van der Waals surface area contributed by atoms with E-state index in [9.17, 15) is 29.7 Å². The Kier molecular flexibility index (Phi) is 19.1. The van der Waals surface area contributed by atoms with Crippen molar-refractivity contribution in [1.82, 2.24) is 0 Å². The molecule has 0 bridgehead atoms. The van der Waals surface area contributed by atoms with Gasteiger partial charge in [-0.3, -0.25) is 14.4 Å². The summed E-state index contributed by atoms with van der Waals surface area (Å²) in [5.41, 5.74) is 0. The summed E-state index contributed by atoms with van der Waals surface area (Å²) < 4.78 is 0.221. The van der Waals surface area contributed by atoms with E-state index < -0.39 is 35.7 Å². The van der Waals surface area contributed by atoms with E-state index in [1.807, 2.05) is 0 Å². The number of nitrogens with zero attached hydrogens (tertiary/aromatic N) is 1. The number of allylic oxidation sites excluding steroid dienone is 2. The van der Waals surface area contributed by atoms with E-state index >= 15 is 0 Å². The zero-order chi connectivity index (χ0) is 27.4. The van der Waals surface area contributed by atoms with E-state index in [2.05, 4.69) is 19.1 Å². The number of hydrogen-bond donors (Lipinski definition) is 3. The third kappa shape index (κ3) is 16.7. The van der Waals surface area contributed by atoms with E-state index in [-0.39, 0.29) is 24.1 Å². The minimum absolute atomic E-state index is 0.221. The van der Waals surface area contributed by atoms with E-state index in [1.165, 1.54) is 51.4 Å². The zero-order valence-electron chi connectivity index (χ0n) is 23.4. The van der Waals surface area contributed by atoms with Crippen LogP contribution >= 0.6 is 0 Å². The fourth-order valence-electron chi connectivity index (χ4n) is 4.99. The van der Waals surface area contributed by atoms with Gasteiger partial charge in [-0.05, 0) is 59.3 Å². The largest absolute Gasteiger partial charge is 0.481 e. The lowest BCUT2D eigenvalue weighted by Crippen LogP contribution is -2.57. The van der Waals surface area contributed by atoms with Gasteiger partial charge in [0.15, 0.2) is 0 Å². The van der Waals surface area contributed by atoms with Crippen LogP contribution in [0.2, 0.25) is 0 Å². The van der Waals surface area contributed by atoms with Crippen LogP contribution in [0, 0.1) is 17.8 Å². The van der Waals surface area contributed by atoms with Gasteiger partial charge in [-0.15, -0.1) is 0 Å². The first kappa shape index (κ1) is 34.1. The summed E-state index contributed by atoms with van der Waals surface area (Å²) in [6, 6.07) is 0. The number of carbonyl (C=O) groups is 3. The van der Waals surface area contributed by atoms with Crippen molar-refractivity contribution in [3.05, 3.63) is 12.2 Å². The summed E-state index contributed by atoms with van der Waals surface area (Å²) in [5, 5.41) is 28.5. The lowest BCUT2D eigenvalue weighted by atomic mass is 10.0. The first-order valence-electron chi connectivity index (χ1n) is 14.2. The molecule has 3 N–H and O–H groups in total. The molecule has 0 radical (unpaired) electrons.